The summed E-state index contributed by atoms with van der Waals surface area (Å²) >= 11 is 0. The molecule has 1 heterocycles. The van der Waals surface area contributed by atoms with Gasteiger partial charge in [0, 0.05) is 31.2 Å². The number of nitrogens with one attached hydrogen (secondary N) is 1. The summed E-state index contributed by atoms with van der Waals surface area (Å²) in [6.07, 6.45) is 2.38. The molecule has 35 heavy (non-hydrogen) atoms. The number of sulfonamides is 1. The Kier molecular flexibility index (Phi) is 7.68. The summed E-state index contributed by atoms with van der Waals surface area (Å²) in [4.78, 5) is 17.6. The number of carbonyl (C=O) groups is 1. The van der Waals surface area contributed by atoms with Crippen molar-refractivity contribution >= 4 is 21.6 Å². The number of ether oxygens (including phenoxy) is 1. The molecule has 3 atom stereocenters. The Morgan fingerprint density at radius 1 is 1.17 bits per heavy atom. The van der Waals surface area contributed by atoms with E-state index in [1.54, 1.807) is 35.2 Å². The number of anilines is 1. The SMILES string of the molecule is C[C@@H]1CN([C@@H](C)CO)C(=O)c2cc(NS(=O)(=O)c3ccccc3)ccc2O[C@H]1CN(C)CC1CC1. The van der Waals surface area contributed by atoms with Gasteiger partial charge in [-0.25, -0.2) is 8.42 Å². The molecule has 1 fully saturated rings. The number of aliphatic hydroxyl groups is 1. The first-order chi connectivity index (χ1) is 16.7. The van der Waals surface area contributed by atoms with E-state index in [0.717, 1.165) is 19.0 Å². The van der Waals surface area contributed by atoms with E-state index in [4.69, 9.17) is 4.74 Å². The molecule has 2 N–H and O–H groups in total. The fraction of sp³-hybridized carbons (Fsp3) is 0.500. The zero-order chi connectivity index (χ0) is 25.2. The first-order valence-electron chi connectivity index (χ1n) is 12.2. The molecule has 2 aliphatic rings. The molecule has 2 aromatic carbocycles. The topological polar surface area (TPSA) is 99.2 Å². The third-order valence-electron chi connectivity index (χ3n) is 6.73. The molecule has 190 valence electrons. The number of benzene rings is 2. The average molecular weight is 502 g/mol. The van der Waals surface area contributed by atoms with Crippen LogP contribution in [0.2, 0.25) is 0 Å². The molecule has 8 nitrogen and oxygen atoms in total. The highest BCUT2D eigenvalue weighted by atomic mass is 32.2. The number of hydrogen-bond donors (Lipinski definition) is 2. The van der Waals surface area contributed by atoms with Crippen molar-refractivity contribution in [3.63, 3.8) is 0 Å². The average Bonchev–Trinajstić information content (AvgIpc) is 3.65. The Bertz CT molecular complexity index is 1140. The standard InChI is InChI=1S/C26H35N3O5S/c1-18-14-29(19(2)17-30)26(31)23-13-21(27-35(32,33)22-7-5-4-6-8-22)11-12-24(23)34-25(18)16-28(3)15-20-9-10-20/h4-8,11-13,18-20,25,27,30H,9-10,14-17H2,1-3H3/t18-,19+,25+/m1/s1. The van der Waals surface area contributed by atoms with Gasteiger partial charge < -0.3 is 19.6 Å². The van der Waals surface area contributed by atoms with Crippen LogP contribution >= 0.6 is 0 Å². The van der Waals surface area contributed by atoms with Crippen molar-refractivity contribution < 1.29 is 23.1 Å². The lowest BCUT2D eigenvalue weighted by Crippen LogP contribution is -2.50. The zero-order valence-electron chi connectivity index (χ0n) is 20.6. The highest BCUT2D eigenvalue weighted by Gasteiger charge is 2.34. The van der Waals surface area contributed by atoms with Crippen molar-refractivity contribution in [2.45, 2.75) is 43.7 Å². The van der Waals surface area contributed by atoms with E-state index in [1.807, 2.05) is 6.92 Å². The molecule has 0 saturated heterocycles. The van der Waals surface area contributed by atoms with Gasteiger partial charge in [0.05, 0.1) is 23.1 Å². The van der Waals surface area contributed by atoms with Gasteiger partial charge in [-0.2, -0.15) is 0 Å². The number of rotatable bonds is 9. The van der Waals surface area contributed by atoms with Gasteiger partial charge in [0.25, 0.3) is 15.9 Å². The van der Waals surface area contributed by atoms with Gasteiger partial charge in [0.2, 0.25) is 0 Å². The number of likely N-dealkylation sites (N-methyl/N-ethyl adjacent to an activating group) is 1. The third kappa shape index (κ3) is 6.15. The molecular weight excluding hydrogens is 466 g/mol. The van der Waals surface area contributed by atoms with Crippen molar-refractivity contribution in [3.05, 3.63) is 54.1 Å². The maximum absolute atomic E-state index is 13.6. The third-order valence-corrected chi connectivity index (χ3v) is 8.13. The first-order valence-corrected chi connectivity index (χ1v) is 13.6. The number of amides is 1. The summed E-state index contributed by atoms with van der Waals surface area (Å²) < 4.78 is 34.6. The van der Waals surface area contributed by atoms with Gasteiger partial charge in [0.15, 0.2) is 0 Å². The van der Waals surface area contributed by atoms with E-state index >= 15 is 0 Å². The molecule has 0 aromatic heterocycles. The first kappa shape index (κ1) is 25.5. The smallest absolute Gasteiger partial charge is 0.261 e. The maximum atomic E-state index is 13.6. The molecule has 9 heteroatoms. The number of fused-ring (bicyclic) bond motifs is 1. The summed E-state index contributed by atoms with van der Waals surface area (Å²) in [7, 11) is -1.72. The molecule has 1 aliphatic heterocycles. The lowest BCUT2D eigenvalue weighted by Gasteiger charge is -2.38. The van der Waals surface area contributed by atoms with E-state index in [0.29, 0.717) is 12.3 Å². The summed E-state index contributed by atoms with van der Waals surface area (Å²) in [5.41, 5.74) is 0.553. The van der Waals surface area contributed by atoms with E-state index in [2.05, 4.69) is 23.6 Å². The summed E-state index contributed by atoms with van der Waals surface area (Å²) in [6, 6.07) is 12.5. The molecular formula is C26H35N3O5S. The van der Waals surface area contributed by atoms with Crippen LogP contribution in [0, 0.1) is 11.8 Å². The molecule has 1 saturated carbocycles. The predicted octanol–water partition coefficient (Wildman–Crippen LogP) is 3.05. The minimum Gasteiger partial charge on any atom is -0.488 e. The second-order valence-electron chi connectivity index (χ2n) is 9.92. The van der Waals surface area contributed by atoms with Crippen molar-refractivity contribution in [2.75, 3.05) is 38.0 Å². The van der Waals surface area contributed by atoms with Crippen LogP contribution in [-0.4, -0.2) is 74.7 Å². The summed E-state index contributed by atoms with van der Waals surface area (Å²) in [5.74, 6) is 0.922. The van der Waals surface area contributed by atoms with Gasteiger partial charge in [-0.05, 0) is 63.1 Å². The number of aliphatic hydroxyl groups excluding tert-OH is 1. The molecule has 0 unspecified atom stereocenters. The molecule has 0 bridgehead atoms. The van der Waals surface area contributed by atoms with E-state index in [1.165, 1.54) is 31.0 Å². The van der Waals surface area contributed by atoms with Crippen molar-refractivity contribution in [1.82, 2.24) is 9.80 Å². The summed E-state index contributed by atoms with van der Waals surface area (Å²) in [5, 5.41) is 9.83. The Labute approximate surface area is 207 Å². The van der Waals surface area contributed by atoms with Crippen LogP contribution in [0.5, 0.6) is 5.75 Å². The molecule has 1 aliphatic carbocycles. The van der Waals surface area contributed by atoms with Crippen LogP contribution in [0.25, 0.3) is 0 Å². The van der Waals surface area contributed by atoms with Crippen LogP contribution in [0.1, 0.15) is 37.0 Å². The van der Waals surface area contributed by atoms with Crippen molar-refractivity contribution in [1.29, 1.82) is 0 Å². The molecule has 0 spiro atoms. The largest absolute Gasteiger partial charge is 0.488 e. The molecule has 2 aromatic rings. The molecule has 0 radical (unpaired) electrons. The van der Waals surface area contributed by atoms with Crippen LogP contribution in [0.4, 0.5) is 5.69 Å². The van der Waals surface area contributed by atoms with Gasteiger partial charge >= 0.3 is 0 Å². The fourth-order valence-electron chi connectivity index (χ4n) is 4.44. The van der Waals surface area contributed by atoms with Gasteiger partial charge in [0.1, 0.15) is 11.9 Å². The Morgan fingerprint density at radius 3 is 2.54 bits per heavy atom. The normalized spacial score (nSPS) is 21.6. The number of nitrogens with zero attached hydrogens (tertiary/aromatic N) is 2. The van der Waals surface area contributed by atoms with E-state index in [9.17, 15) is 18.3 Å². The summed E-state index contributed by atoms with van der Waals surface area (Å²) in [6.45, 7) is 5.88. The Morgan fingerprint density at radius 2 is 1.89 bits per heavy atom. The van der Waals surface area contributed by atoms with Crippen LogP contribution < -0.4 is 9.46 Å². The lowest BCUT2D eigenvalue weighted by molar-refractivity contribution is 0.0344. The second-order valence-corrected chi connectivity index (χ2v) is 11.6. The highest BCUT2D eigenvalue weighted by Crippen LogP contribution is 2.32. The van der Waals surface area contributed by atoms with Crippen molar-refractivity contribution in [3.8, 4) is 5.75 Å². The Hall–Kier alpha value is -2.62. The van der Waals surface area contributed by atoms with E-state index < -0.39 is 10.0 Å². The molecule has 4 rings (SSSR count). The van der Waals surface area contributed by atoms with Crippen LogP contribution in [-0.2, 0) is 10.0 Å². The van der Waals surface area contributed by atoms with Gasteiger partial charge in [-0.1, -0.05) is 25.1 Å². The monoisotopic (exact) mass is 501 g/mol. The predicted molar refractivity (Wildman–Crippen MR) is 135 cm³/mol. The van der Waals surface area contributed by atoms with E-state index in [-0.39, 0.29) is 46.7 Å². The highest BCUT2D eigenvalue weighted by molar-refractivity contribution is 7.92. The van der Waals surface area contributed by atoms with Gasteiger partial charge in [-0.3, -0.25) is 9.52 Å². The van der Waals surface area contributed by atoms with Crippen molar-refractivity contribution in [2.24, 2.45) is 11.8 Å². The fourth-order valence-corrected chi connectivity index (χ4v) is 5.51. The quantitative estimate of drug-likeness (QED) is 0.548. The zero-order valence-corrected chi connectivity index (χ0v) is 21.4. The maximum Gasteiger partial charge on any atom is 0.261 e. The minimum atomic E-state index is -3.81. The number of carbonyl (C=O) groups excluding carboxylic acids is 1. The van der Waals surface area contributed by atoms with Crippen LogP contribution in [0.15, 0.2) is 53.4 Å². The number of hydrogen-bond acceptors (Lipinski definition) is 6. The molecule has 1 amide bonds. The second kappa shape index (κ2) is 10.6. The van der Waals surface area contributed by atoms with Crippen LogP contribution in [0.3, 0.4) is 0 Å². The Balaban J connectivity index is 1.64. The lowest BCUT2D eigenvalue weighted by atomic mass is 9.99. The van der Waals surface area contributed by atoms with Gasteiger partial charge in [-0.15, -0.1) is 0 Å². The minimum absolute atomic E-state index is 0.0408.